The number of nitriles is 1. The minimum atomic E-state index is -0.561. The molecule has 4 rings (SSSR count). The van der Waals surface area contributed by atoms with Crippen molar-refractivity contribution in [3.63, 3.8) is 0 Å². The number of nitrogens with one attached hydrogen (secondary N) is 3. The number of ether oxygens (including phenoxy) is 1. The summed E-state index contributed by atoms with van der Waals surface area (Å²) in [5, 5.41) is 12.9. The molecule has 160 valence electrons. The second-order valence-electron chi connectivity index (χ2n) is 6.99. The Balaban J connectivity index is 1.59. The van der Waals surface area contributed by atoms with Crippen molar-refractivity contribution in [2.24, 2.45) is 0 Å². The molecule has 0 aliphatic heterocycles. The van der Waals surface area contributed by atoms with Gasteiger partial charge in [0, 0.05) is 23.2 Å². The molecule has 0 aliphatic rings. The molecular weight excluding hydrogens is 432 g/mol. The molecule has 0 unspecified atom stereocenters. The number of aromatic amines is 2. The van der Waals surface area contributed by atoms with Gasteiger partial charge in [0.05, 0.1) is 28.5 Å². The summed E-state index contributed by atoms with van der Waals surface area (Å²) in [4.78, 5) is 38.0. The lowest BCUT2D eigenvalue weighted by Gasteiger charge is -2.15. The van der Waals surface area contributed by atoms with Gasteiger partial charge >= 0.3 is 0 Å². The maximum absolute atomic E-state index is 12.7. The van der Waals surface area contributed by atoms with Crippen molar-refractivity contribution in [1.29, 1.82) is 5.26 Å². The molecule has 4 aromatic rings. The summed E-state index contributed by atoms with van der Waals surface area (Å²) in [5.74, 6) is 0.580. The predicted octanol–water partition coefficient (Wildman–Crippen LogP) is 3.28. The summed E-state index contributed by atoms with van der Waals surface area (Å²) < 4.78 is 5.76. The molecule has 3 heterocycles. The van der Waals surface area contributed by atoms with Gasteiger partial charge < -0.3 is 15.0 Å². The first-order valence-corrected chi connectivity index (χ1v) is 9.97. The smallest absolute Gasteiger partial charge is 0.270 e. The van der Waals surface area contributed by atoms with Crippen LogP contribution in [-0.2, 0) is 6.61 Å². The van der Waals surface area contributed by atoms with Gasteiger partial charge in [-0.25, -0.2) is 4.98 Å². The van der Waals surface area contributed by atoms with Crippen LogP contribution in [0.4, 0.5) is 5.95 Å². The molecule has 0 aliphatic carbocycles. The van der Waals surface area contributed by atoms with E-state index in [9.17, 15) is 9.59 Å². The third kappa shape index (κ3) is 4.45. The summed E-state index contributed by atoms with van der Waals surface area (Å²) >= 11 is 6.39. The molecule has 0 spiro atoms. The molecule has 0 bridgehead atoms. The second-order valence-corrected chi connectivity index (χ2v) is 7.39. The topological polar surface area (TPSA) is 137 Å². The summed E-state index contributed by atoms with van der Waals surface area (Å²) in [6.07, 6.45) is 2.85. The minimum Gasteiger partial charge on any atom is -0.486 e. The fourth-order valence-electron chi connectivity index (χ4n) is 3.12. The first-order chi connectivity index (χ1) is 15.4. The van der Waals surface area contributed by atoms with E-state index in [-0.39, 0.29) is 23.7 Å². The van der Waals surface area contributed by atoms with Crippen molar-refractivity contribution < 1.29 is 4.74 Å². The van der Waals surface area contributed by atoms with E-state index in [1.165, 1.54) is 6.20 Å². The first-order valence-electron chi connectivity index (χ1n) is 9.59. The van der Waals surface area contributed by atoms with E-state index >= 15 is 0 Å². The summed E-state index contributed by atoms with van der Waals surface area (Å²) in [7, 11) is 0. The van der Waals surface area contributed by atoms with Crippen LogP contribution in [-0.4, -0.2) is 19.9 Å². The van der Waals surface area contributed by atoms with Gasteiger partial charge in [-0.3, -0.25) is 19.6 Å². The van der Waals surface area contributed by atoms with E-state index in [0.717, 1.165) is 5.69 Å². The Morgan fingerprint density at radius 2 is 2.03 bits per heavy atom. The zero-order valence-electron chi connectivity index (χ0n) is 16.8. The van der Waals surface area contributed by atoms with Gasteiger partial charge in [-0.15, -0.1) is 0 Å². The predicted molar refractivity (Wildman–Crippen MR) is 120 cm³/mol. The minimum absolute atomic E-state index is 0.0949. The van der Waals surface area contributed by atoms with Crippen LogP contribution in [0.15, 0.2) is 58.4 Å². The summed E-state index contributed by atoms with van der Waals surface area (Å²) in [6, 6.07) is 11.9. The van der Waals surface area contributed by atoms with Crippen molar-refractivity contribution in [1.82, 2.24) is 19.9 Å². The molecule has 0 fully saturated rings. The monoisotopic (exact) mass is 448 g/mol. The average molecular weight is 449 g/mol. The molecule has 0 amide bonds. The number of anilines is 1. The van der Waals surface area contributed by atoms with E-state index < -0.39 is 11.6 Å². The number of rotatable bonds is 6. The Morgan fingerprint density at radius 3 is 2.75 bits per heavy atom. The van der Waals surface area contributed by atoms with Crippen LogP contribution >= 0.6 is 11.6 Å². The third-order valence-corrected chi connectivity index (χ3v) is 5.06. The van der Waals surface area contributed by atoms with Crippen LogP contribution in [0.3, 0.4) is 0 Å². The van der Waals surface area contributed by atoms with Gasteiger partial charge in [-0.1, -0.05) is 17.7 Å². The highest BCUT2D eigenvalue weighted by Gasteiger charge is 2.14. The average Bonchev–Trinajstić information content (AvgIpc) is 2.78. The van der Waals surface area contributed by atoms with Crippen molar-refractivity contribution in [2.75, 3.05) is 5.32 Å². The number of H-pyrrole nitrogens is 2. The lowest BCUT2D eigenvalue weighted by molar-refractivity contribution is 0.302. The van der Waals surface area contributed by atoms with Gasteiger partial charge in [0.25, 0.3) is 11.1 Å². The molecule has 32 heavy (non-hydrogen) atoms. The molecule has 0 saturated heterocycles. The number of halogens is 1. The van der Waals surface area contributed by atoms with E-state index in [1.807, 2.05) is 18.2 Å². The van der Waals surface area contributed by atoms with E-state index in [4.69, 9.17) is 21.6 Å². The fraction of sp³-hybridized carbons (Fsp3) is 0.136. The molecule has 3 N–H and O–H groups in total. The second kappa shape index (κ2) is 8.91. The SMILES string of the molecule is C[C@H](Nc1ncc(C#N)c(=O)[nH]1)c1cc2cc(Cl)c(OCc3ccccn3)cc2[nH]c1=O. The molecule has 3 aromatic heterocycles. The van der Waals surface area contributed by atoms with E-state index in [1.54, 1.807) is 37.4 Å². The summed E-state index contributed by atoms with van der Waals surface area (Å²) in [6.45, 7) is 1.99. The largest absolute Gasteiger partial charge is 0.486 e. The van der Waals surface area contributed by atoms with Crippen LogP contribution in [0.2, 0.25) is 5.02 Å². The highest BCUT2D eigenvalue weighted by atomic mass is 35.5. The normalized spacial score (nSPS) is 11.7. The highest BCUT2D eigenvalue weighted by Crippen LogP contribution is 2.30. The van der Waals surface area contributed by atoms with Gasteiger partial charge in [0.1, 0.15) is 24.0 Å². The number of nitrogens with zero attached hydrogens (tertiary/aromatic N) is 3. The molecule has 1 aromatic carbocycles. The highest BCUT2D eigenvalue weighted by molar-refractivity contribution is 6.32. The maximum atomic E-state index is 12.7. The van der Waals surface area contributed by atoms with Crippen LogP contribution in [0.25, 0.3) is 10.9 Å². The summed E-state index contributed by atoms with van der Waals surface area (Å²) in [5.41, 5.74) is 0.768. The van der Waals surface area contributed by atoms with Crippen LogP contribution in [0.5, 0.6) is 5.75 Å². The van der Waals surface area contributed by atoms with Crippen molar-refractivity contribution in [3.8, 4) is 11.8 Å². The molecule has 9 nitrogen and oxygen atoms in total. The lowest BCUT2D eigenvalue weighted by atomic mass is 10.1. The third-order valence-electron chi connectivity index (χ3n) is 4.77. The van der Waals surface area contributed by atoms with Gasteiger partial charge in [0.15, 0.2) is 0 Å². The van der Waals surface area contributed by atoms with Gasteiger partial charge in [-0.05, 0) is 31.2 Å². The van der Waals surface area contributed by atoms with Crippen LogP contribution < -0.4 is 21.2 Å². The van der Waals surface area contributed by atoms with Crippen LogP contribution in [0.1, 0.15) is 29.8 Å². The van der Waals surface area contributed by atoms with Crippen molar-refractivity contribution in [3.05, 3.63) is 91.3 Å². The number of pyridine rings is 2. The number of fused-ring (bicyclic) bond motifs is 1. The van der Waals surface area contributed by atoms with Crippen LogP contribution in [0, 0.1) is 11.3 Å². The molecule has 10 heteroatoms. The number of hydrogen-bond acceptors (Lipinski definition) is 7. The molecule has 0 saturated carbocycles. The van der Waals surface area contributed by atoms with E-state index in [2.05, 4.69) is 25.3 Å². The molecule has 1 atom stereocenters. The number of hydrogen-bond donors (Lipinski definition) is 3. The first kappa shape index (κ1) is 21.1. The maximum Gasteiger partial charge on any atom is 0.270 e. The zero-order chi connectivity index (χ0) is 22.7. The van der Waals surface area contributed by atoms with Gasteiger partial charge in [-0.2, -0.15) is 5.26 Å². The van der Waals surface area contributed by atoms with Crippen molar-refractivity contribution in [2.45, 2.75) is 19.6 Å². The number of aromatic nitrogens is 4. The lowest BCUT2D eigenvalue weighted by Crippen LogP contribution is -2.22. The Bertz CT molecular complexity index is 1440. The standard InChI is InChI=1S/C22H17ClN6O3/c1-12(27-22-26-10-14(9-24)20(30)29-22)16-6-13-7-17(23)19(8-18(13)28-21(16)31)32-11-15-4-2-3-5-25-15/h2-8,10,12H,11H2,1H3,(H,28,31)(H2,26,27,29,30)/t12-/m0/s1. The van der Waals surface area contributed by atoms with E-state index in [0.29, 0.717) is 27.2 Å². The Morgan fingerprint density at radius 1 is 1.19 bits per heavy atom. The Labute approximate surface area is 186 Å². The Hall–Kier alpha value is -4.16. The molecule has 0 radical (unpaired) electrons. The Kier molecular flexibility index (Phi) is 5.87. The molecular formula is C22H17ClN6O3. The zero-order valence-corrected chi connectivity index (χ0v) is 17.6. The van der Waals surface area contributed by atoms with Gasteiger partial charge in [0.2, 0.25) is 5.95 Å². The number of benzene rings is 1. The fourth-order valence-corrected chi connectivity index (χ4v) is 3.35. The van der Waals surface area contributed by atoms with Crippen molar-refractivity contribution >= 4 is 28.5 Å². The quantitative estimate of drug-likeness (QED) is 0.411.